The highest BCUT2D eigenvalue weighted by molar-refractivity contribution is 6.02. The monoisotopic (exact) mass is 246 g/mol. The van der Waals surface area contributed by atoms with Crippen LogP contribution >= 0.6 is 0 Å². The smallest absolute Gasteiger partial charge is 0.295 e. The lowest BCUT2D eigenvalue weighted by molar-refractivity contribution is 0.0979. The van der Waals surface area contributed by atoms with Crippen LogP contribution in [-0.2, 0) is 0 Å². The Morgan fingerprint density at radius 1 is 1.39 bits per heavy atom. The van der Waals surface area contributed by atoms with Crippen LogP contribution in [0, 0.1) is 6.92 Å². The Morgan fingerprint density at radius 3 is 2.78 bits per heavy atom. The van der Waals surface area contributed by atoms with E-state index < -0.39 is 11.8 Å². The van der Waals surface area contributed by atoms with Crippen molar-refractivity contribution in [2.24, 2.45) is 5.73 Å². The van der Waals surface area contributed by atoms with Crippen LogP contribution in [0.5, 0.6) is 0 Å². The first-order chi connectivity index (χ1) is 8.56. The van der Waals surface area contributed by atoms with E-state index in [1.807, 2.05) is 0 Å². The van der Waals surface area contributed by atoms with Crippen molar-refractivity contribution in [1.82, 2.24) is 10.1 Å². The quantitative estimate of drug-likeness (QED) is 0.829. The molecule has 7 nitrogen and oxygen atoms in total. The van der Waals surface area contributed by atoms with Crippen molar-refractivity contribution in [3.63, 3.8) is 0 Å². The van der Waals surface area contributed by atoms with Gasteiger partial charge in [-0.15, -0.1) is 0 Å². The number of hydrogen-bond donors (Lipinski definition) is 2. The van der Waals surface area contributed by atoms with Crippen LogP contribution in [0.15, 0.2) is 28.8 Å². The van der Waals surface area contributed by atoms with Gasteiger partial charge in [0.1, 0.15) is 11.5 Å². The number of nitrogens with one attached hydrogen (secondary N) is 1. The van der Waals surface area contributed by atoms with Gasteiger partial charge in [0.25, 0.3) is 11.8 Å². The number of nitrogens with two attached hydrogens (primary N) is 1. The van der Waals surface area contributed by atoms with Crippen molar-refractivity contribution in [2.75, 3.05) is 5.32 Å². The summed E-state index contributed by atoms with van der Waals surface area (Å²) in [5, 5.41) is 6.07. The van der Waals surface area contributed by atoms with E-state index in [1.54, 1.807) is 13.0 Å². The molecule has 0 spiro atoms. The normalized spacial score (nSPS) is 10.1. The highest BCUT2D eigenvalue weighted by Gasteiger charge is 2.13. The molecule has 7 heteroatoms. The summed E-state index contributed by atoms with van der Waals surface area (Å²) in [5.41, 5.74) is 5.75. The molecular formula is C11H10N4O3. The van der Waals surface area contributed by atoms with Crippen LogP contribution < -0.4 is 11.1 Å². The molecule has 0 radical (unpaired) electrons. The molecule has 2 rings (SSSR count). The summed E-state index contributed by atoms with van der Waals surface area (Å²) in [6.45, 7) is 1.70. The Morgan fingerprint density at radius 2 is 2.17 bits per heavy atom. The maximum atomic E-state index is 11.7. The minimum atomic E-state index is -0.665. The topological polar surface area (TPSA) is 111 Å². The van der Waals surface area contributed by atoms with E-state index in [0.717, 1.165) is 0 Å². The zero-order chi connectivity index (χ0) is 13.1. The van der Waals surface area contributed by atoms with Crippen molar-refractivity contribution in [1.29, 1.82) is 0 Å². The second-order valence-electron chi connectivity index (χ2n) is 3.56. The zero-order valence-corrected chi connectivity index (χ0v) is 9.51. The number of amides is 2. The molecule has 0 aliphatic carbocycles. The number of carbonyl (C=O) groups is 2. The molecular weight excluding hydrogens is 236 g/mol. The zero-order valence-electron chi connectivity index (χ0n) is 9.51. The van der Waals surface area contributed by atoms with Gasteiger partial charge in [0.15, 0.2) is 0 Å². The van der Waals surface area contributed by atoms with E-state index >= 15 is 0 Å². The molecule has 0 atom stereocenters. The van der Waals surface area contributed by atoms with Gasteiger partial charge in [-0.1, -0.05) is 11.2 Å². The predicted octanol–water partition coefficient (Wildman–Crippen LogP) is 0.729. The predicted molar refractivity (Wildman–Crippen MR) is 61.9 cm³/mol. The van der Waals surface area contributed by atoms with Crippen molar-refractivity contribution in [2.45, 2.75) is 6.92 Å². The molecule has 2 aromatic heterocycles. The average Bonchev–Trinajstić information content (AvgIpc) is 2.76. The third-order valence-electron chi connectivity index (χ3n) is 2.09. The molecule has 3 N–H and O–H groups in total. The van der Waals surface area contributed by atoms with Crippen LogP contribution in [-0.4, -0.2) is 22.0 Å². The fourth-order valence-corrected chi connectivity index (χ4v) is 1.29. The molecule has 2 aromatic rings. The van der Waals surface area contributed by atoms with Gasteiger partial charge in [0.2, 0.25) is 5.76 Å². The number of primary amides is 1. The fourth-order valence-electron chi connectivity index (χ4n) is 1.29. The number of rotatable bonds is 3. The summed E-state index contributed by atoms with van der Waals surface area (Å²) in [6, 6.07) is 6.05. The van der Waals surface area contributed by atoms with Gasteiger partial charge in [-0.25, -0.2) is 4.98 Å². The van der Waals surface area contributed by atoms with Gasteiger partial charge in [0, 0.05) is 6.07 Å². The van der Waals surface area contributed by atoms with Crippen molar-refractivity contribution in [3.05, 3.63) is 41.4 Å². The first-order valence-corrected chi connectivity index (χ1v) is 5.08. The molecule has 18 heavy (non-hydrogen) atoms. The van der Waals surface area contributed by atoms with Gasteiger partial charge in [-0.3, -0.25) is 9.59 Å². The standard InChI is InChI=1S/C11H10N4O3/c1-6-5-8(18-15-6)11(17)14-9-4-2-3-7(13-9)10(12)16/h2-5H,1H3,(H2,12,16)(H,13,14,17). The molecule has 0 aromatic carbocycles. The lowest BCUT2D eigenvalue weighted by atomic mass is 10.3. The number of hydrogen-bond acceptors (Lipinski definition) is 5. The van der Waals surface area contributed by atoms with Gasteiger partial charge in [-0.05, 0) is 19.1 Å². The summed E-state index contributed by atoms with van der Waals surface area (Å²) >= 11 is 0. The average molecular weight is 246 g/mol. The molecule has 0 unspecified atom stereocenters. The minimum absolute atomic E-state index is 0.0683. The first kappa shape index (κ1) is 11.8. The number of aromatic nitrogens is 2. The maximum Gasteiger partial charge on any atom is 0.295 e. The van der Waals surface area contributed by atoms with Crippen LogP contribution in [0.1, 0.15) is 26.7 Å². The number of carbonyl (C=O) groups excluding carboxylic acids is 2. The van der Waals surface area contributed by atoms with E-state index in [-0.39, 0.29) is 17.3 Å². The van der Waals surface area contributed by atoms with Gasteiger partial charge >= 0.3 is 0 Å². The second-order valence-corrected chi connectivity index (χ2v) is 3.56. The van der Waals surface area contributed by atoms with E-state index in [0.29, 0.717) is 5.69 Å². The Labute approximate surface area is 102 Å². The van der Waals surface area contributed by atoms with E-state index in [2.05, 4.69) is 15.5 Å². The number of anilines is 1. The molecule has 92 valence electrons. The summed E-state index contributed by atoms with van der Waals surface area (Å²) in [4.78, 5) is 26.5. The Hall–Kier alpha value is -2.70. The second kappa shape index (κ2) is 4.66. The summed E-state index contributed by atoms with van der Waals surface area (Å²) in [7, 11) is 0. The summed E-state index contributed by atoms with van der Waals surface area (Å²) < 4.78 is 4.79. The Balaban J connectivity index is 2.16. The highest BCUT2D eigenvalue weighted by Crippen LogP contribution is 2.08. The van der Waals surface area contributed by atoms with Crippen molar-refractivity contribution in [3.8, 4) is 0 Å². The van der Waals surface area contributed by atoms with Gasteiger partial charge in [0.05, 0.1) is 5.69 Å². The molecule has 0 fully saturated rings. The highest BCUT2D eigenvalue weighted by atomic mass is 16.5. The lowest BCUT2D eigenvalue weighted by Crippen LogP contribution is -2.16. The van der Waals surface area contributed by atoms with Crippen molar-refractivity contribution >= 4 is 17.6 Å². The third-order valence-corrected chi connectivity index (χ3v) is 2.09. The number of nitrogens with zero attached hydrogens (tertiary/aromatic N) is 2. The van der Waals surface area contributed by atoms with Gasteiger partial charge < -0.3 is 15.6 Å². The molecule has 0 aliphatic heterocycles. The largest absolute Gasteiger partial charge is 0.364 e. The molecule has 2 heterocycles. The minimum Gasteiger partial charge on any atom is -0.364 e. The fraction of sp³-hybridized carbons (Fsp3) is 0.0909. The molecule has 0 saturated carbocycles. The van der Waals surface area contributed by atoms with Crippen LogP contribution in [0.25, 0.3) is 0 Å². The lowest BCUT2D eigenvalue weighted by Gasteiger charge is -2.02. The maximum absolute atomic E-state index is 11.7. The molecule has 0 saturated heterocycles. The van der Waals surface area contributed by atoms with Crippen LogP contribution in [0.4, 0.5) is 5.82 Å². The summed E-state index contributed by atoms with van der Waals surface area (Å²) in [6.07, 6.45) is 0. The SMILES string of the molecule is Cc1cc(C(=O)Nc2cccc(C(N)=O)n2)on1. The third kappa shape index (κ3) is 2.51. The molecule has 0 aliphatic rings. The van der Waals surface area contributed by atoms with Crippen LogP contribution in [0.2, 0.25) is 0 Å². The van der Waals surface area contributed by atoms with Crippen LogP contribution in [0.3, 0.4) is 0 Å². The molecule has 2 amide bonds. The Bertz CT molecular complexity index is 606. The Kier molecular flexibility index (Phi) is 3.05. The number of pyridine rings is 1. The van der Waals surface area contributed by atoms with Crippen molar-refractivity contribution < 1.29 is 14.1 Å². The first-order valence-electron chi connectivity index (χ1n) is 5.08. The van der Waals surface area contributed by atoms with E-state index in [4.69, 9.17) is 10.3 Å². The summed E-state index contributed by atoms with van der Waals surface area (Å²) in [5.74, 6) is -0.879. The van der Waals surface area contributed by atoms with E-state index in [9.17, 15) is 9.59 Å². The molecule has 0 bridgehead atoms. The van der Waals surface area contributed by atoms with E-state index in [1.165, 1.54) is 18.2 Å². The number of aryl methyl sites for hydroxylation is 1. The van der Waals surface area contributed by atoms with Gasteiger partial charge in [-0.2, -0.15) is 0 Å².